The smallest absolute Gasteiger partial charge is 0.160 e. The highest BCUT2D eigenvalue weighted by molar-refractivity contribution is 7.25. The molecule has 0 aliphatic rings. The minimum absolute atomic E-state index is 0.687. The third kappa shape index (κ3) is 4.03. The third-order valence-electron chi connectivity index (χ3n) is 8.31. The maximum atomic E-state index is 6.68. The Kier molecular flexibility index (Phi) is 5.68. The molecule has 9 aromatic rings. The SMILES string of the molecule is c1ccc(-c2cc(-c3cccc4c3oc3cccc(-c5ccc6sc7ccccc7c6c5)c34)nc(-c3ccccc3)n2)cc1. The predicted octanol–water partition coefficient (Wildman–Crippen LogP) is 11.4. The third-order valence-corrected chi connectivity index (χ3v) is 9.47. The van der Waals surface area contributed by atoms with Crippen LogP contribution in [0.4, 0.5) is 0 Å². The summed E-state index contributed by atoms with van der Waals surface area (Å²) in [4.78, 5) is 10.1. The Morgan fingerprint density at radius 2 is 1.14 bits per heavy atom. The first-order chi connectivity index (χ1) is 21.8. The fourth-order valence-electron chi connectivity index (χ4n) is 6.24. The van der Waals surface area contributed by atoms with Crippen LogP contribution in [-0.4, -0.2) is 9.97 Å². The van der Waals surface area contributed by atoms with E-state index in [1.807, 2.05) is 47.7 Å². The van der Waals surface area contributed by atoms with Gasteiger partial charge in [-0.1, -0.05) is 109 Å². The summed E-state index contributed by atoms with van der Waals surface area (Å²) in [6.45, 7) is 0. The summed E-state index contributed by atoms with van der Waals surface area (Å²) < 4.78 is 9.29. The van der Waals surface area contributed by atoms with Crippen molar-refractivity contribution >= 4 is 53.4 Å². The molecule has 0 saturated carbocycles. The molecule has 0 atom stereocenters. The molecule has 3 heterocycles. The van der Waals surface area contributed by atoms with Crippen molar-refractivity contribution < 1.29 is 4.42 Å². The number of hydrogen-bond donors (Lipinski definition) is 0. The van der Waals surface area contributed by atoms with Crippen molar-refractivity contribution in [2.75, 3.05) is 0 Å². The fraction of sp³-hybridized carbons (Fsp3) is 0. The van der Waals surface area contributed by atoms with E-state index in [1.54, 1.807) is 0 Å². The molecule has 0 saturated heterocycles. The molecule has 0 radical (unpaired) electrons. The molecule has 0 spiro atoms. The molecule has 0 fully saturated rings. The van der Waals surface area contributed by atoms with Gasteiger partial charge < -0.3 is 4.42 Å². The maximum absolute atomic E-state index is 6.68. The summed E-state index contributed by atoms with van der Waals surface area (Å²) in [5.41, 5.74) is 8.70. The molecule has 206 valence electrons. The van der Waals surface area contributed by atoms with Crippen LogP contribution in [0.15, 0.2) is 150 Å². The van der Waals surface area contributed by atoms with E-state index < -0.39 is 0 Å². The summed E-state index contributed by atoms with van der Waals surface area (Å²) >= 11 is 1.84. The zero-order valence-corrected chi connectivity index (χ0v) is 24.4. The van der Waals surface area contributed by atoms with Crippen molar-refractivity contribution in [2.24, 2.45) is 0 Å². The molecule has 3 nitrogen and oxygen atoms in total. The normalized spacial score (nSPS) is 11.6. The lowest BCUT2D eigenvalue weighted by Gasteiger charge is -2.10. The summed E-state index contributed by atoms with van der Waals surface area (Å²) in [6, 6.07) is 50.6. The molecule has 0 aliphatic heterocycles. The Bertz CT molecular complexity index is 2440. The number of para-hydroxylation sites is 1. The van der Waals surface area contributed by atoms with Crippen LogP contribution in [0, 0.1) is 0 Å². The van der Waals surface area contributed by atoms with Crippen molar-refractivity contribution in [3.05, 3.63) is 146 Å². The first kappa shape index (κ1) is 25.0. The van der Waals surface area contributed by atoms with Gasteiger partial charge in [0.25, 0.3) is 0 Å². The highest BCUT2D eigenvalue weighted by Gasteiger charge is 2.19. The molecular weight excluding hydrogens is 557 g/mol. The zero-order chi connectivity index (χ0) is 29.0. The van der Waals surface area contributed by atoms with E-state index in [-0.39, 0.29) is 0 Å². The van der Waals surface area contributed by atoms with E-state index in [2.05, 4.69) is 109 Å². The molecule has 4 heteroatoms. The second kappa shape index (κ2) is 10.0. The number of rotatable bonds is 4. The van der Waals surface area contributed by atoms with Gasteiger partial charge in [0.15, 0.2) is 5.82 Å². The monoisotopic (exact) mass is 580 g/mol. The van der Waals surface area contributed by atoms with Crippen LogP contribution in [0.1, 0.15) is 0 Å². The lowest BCUT2D eigenvalue weighted by molar-refractivity contribution is 0.670. The van der Waals surface area contributed by atoms with Gasteiger partial charge in [-0.2, -0.15) is 0 Å². The topological polar surface area (TPSA) is 38.9 Å². The molecule has 0 N–H and O–H groups in total. The van der Waals surface area contributed by atoms with Crippen LogP contribution >= 0.6 is 11.3 Å². The Morgan fingerprint density at radius 1 is 0.455 bits per heavy atom. The highest BCUT2D eigenvalue weighted by Crippen LogP contribution is 2.42. The minimum atomic E-state index is 0.687. The Hall–Kier alpha value is -5.58. The Balaban J connectivity index is 1.27. The quantitative estimate of drug-likeness (QED) is 0.208. The molecule has 0 unspecified atom stereocenters. The van der Waals surface area contributed by atoms with Crippen LogP contribution in [0.5, 0.6) is 0 Å². The minimum Gasteiger partial charge on any atom is -0.455 e. The van der Waals surface area contributed by atoms with E-state index in [9.17, 15) is 0 Å². The lowest BCUT2D eigenvalue weighted by Crippen LogP contribution is -1.96. The van der Waals surface area contributed by atoms with Gasteiger partial charge in [-0.25, -0.2) is 9.97 Å². The van der Waals surface area contributed by atoms with Gasteiger partial charge in [0.2, 0.25) is 0 Å². The van der Waals surface area contributed by atoms with Gasteiger partial charge in [-0.15, -0.1) is 11.3 Å². The van der Waals surface area contributed by atoms with Crippen LogP contribution < -0.4 is 0 Å². The van der Waals surface area contributed by atoms with Gasteiger partial charge in [-0.3, -0.25) is 0 Å². The first-order valence-electron chi connectivity index (χ1n) is 14.7. The van der Waals surface area contributed by atoms with Gasteiger partial charge in [0.05, 0.1) is 11.4 Å². The standard InChI is InChI=1S/C40H24N2OS/c1-3-11-25(12-4-1)33-24-34(42-40(41-33)26-13-5-2-6-14-26)30-17-9-18-31-38-28(16-10-19-35(38)43-39(30)31)27-21-22-37-32(23-27)29-15-7-8-20-36(29)44-37/h1-24H. The van der Waals surface area contributed by atoms with Crippen molar-refractivity contribution in [3.8, 4) is 45.0 Å². The van der Waals surface area contributed by atoms with E-state index in [0.29, 0.717) is 5.82 Å². The summed E-state index contributed by atoms with van der Waals surface area (Å²) in [5, 5.41) is 4.78. The van der Waals surface area contributed by atoms with Gasteiger partial charge in [0, 0.05) is 47.6 Å². The van der Waals surface area contributed by atoms with Gasteiger partial charge in [0.1, 0.15) is 11.2 Å². The van der Waals surface area contributed by atoms with Crippen molar-refractivity contribution in [2.45, 2.75) is 0 Å². The van der Waals surface area contributed by atoms with Crippen molar-refractivity contribution in [3.63, 3.8) is 0 Å². The summed E-state index contributed by atoms with van der Waals surface area (Å²) in [7, 11) is 0. The van der Waals surface area contributed by atoms with Crippen molar-refractivity contribution in [1.82, 2.24) is 9.97 Å². The van der Waals surface area contributed by atoms with Crippen LogP contribution in [-0.2, 0) is 0 Å². The largest absolute Gasteiger partial charge is 0.455 e. The summed E-state index contributed by atoms with van der Waals surface area (Å²) in [6.07, 6.45) is 0. The molecule has 0 amide bonds. The van der Waals surface area contributed by atoms with E-state index in [4.69, 9.17) is 14.4 Å². The molecule has 44 heavy (non-hydrogen) atoms. The molecular formula is C40H24N2OS. The number of aromatic nitrogens is 2. The number of thiophene rings is 1. The van der Waals surface area contributed by atoms with Gasteiger partial charge in [-0.05, 0) is 47.5 Å². The van der Waals surface area contributed by atoms with E-state index >= 15 is 0 Å². The fourth-order valence-corrected chi connectivity index (χ4v) is 7.33. The number of benzene rings is 6. The number of nitrogens with zero attached hydrogens (tertiary/aromatic N) is 2. The molecule has 6 aromatic carbocycles. The Labute approximate surface area is 257 Å². The second-order valence-electron chi connectivity index (χ2n) is 11.0. The number of hydrogen-bond acceptors (Lipinski definition) is 4. The number of fused-ring (bicyclic) bond motifs is 6. The summed E-state index contributed by atoms with van der Waals surface area (Å²) in [5.74, 6) is 0.687. The second-order valence-corrected chi connectivity index (χ2v) is 12.1. The predicted molar refractivity (Wildman–Crippen MR) is 184 cm³/mol. The number of furan rings is 1. The van der Waals surface area contributed by atoms with E-state index in [0.717, 1.165) is 55.6 Å². The van der Waals surface area contributed by atoms with Crippen LogP contribution in [0.25, 0.3) is 87.1 Å². The molecule has 0 bridgehead atoms. The average molecular weight is 581 g/mol. The van der Waals surface area contributed by atoms with Crippen molar-refractivity contribution in [1.29, 1.82) is 0 Å². The average Bonchev–Trinajstić information content (AvgIpc) is 3.67. The molecule has 3 aromatic heterocycles. The highest BCUT2D eigenvalue weighted by atomic mass is 32.1. The molecule has 0 aliphatic carbocycles. The lowest BCUT2D eigenvalue weighted by atomic mass is 9.97. The zero-order valence-electron chi connectivity index (χ0n) is 23.6. The van der Waals surface area contributed by atoms with Gasteiger partial charge >= 0.3 is 0 Å². The van der Waals surface area contributed by atoms with Crippen LogP contribution in [0.3, 0.4) is 0 Å². The first-order valence-corrected chi connectivity index (χ1v) is 15.5. The maximum Gasteiger partial charge on any atom is 0.160 e. The van der Waals surface area contributed by atoms with Crippen LogP contribution in [0.2, 0.25) is 0 Å². The molecule has 9 rings (SSSR count). The Morgan fingerprint density at radius 3 is 2.00 bits per heavy atom. The van der Waals surface area contributed by atoms with E-state index in [1.165, 1.54) is 25.7 Å².